The molecule has 174 valence electrons. The van der Waals surface area contributed by atoms with Crippen molar-refractivity contribution in [1.82, 2.24) is 14.9 Å². The van der Waals surface area contributed by atoms with Gasteiger partial charge in [-0.2, -0.15) is 4.72 Å². The van der Waals surface area contributed by atoms with Crippen LogP contribution in [-0.2, 0) is 26.2 Å². The van der Waals surface area contributed by atoms with Crippen molar-refractivity contribution in [1.29, 1.82) is 0 Å². The molecule has 1 N–H and O–H groups in total. The summed E-state index contributed by atoms with van der Waals surface area (Å²) < 4.78 is 49.9. The van der Waals surface area contributed by atoms with E-state index in [1.165, 1.54) is 18.2 Å². The summed E-state index contributed by atoms with van der Waals surface area (Å²) in [5.74, 6) is 0.0475. The fraction of sp³-hybridized carbons (Fsp3) is 0.318. The van der Waals surface area contributed by atoms with Crippen LogP contribution in [0.1, 0.15) is 19.7 Å². The van der Waals surface area contributed by atoms with E-state index in [2.05, 4.69) is 14.9 Å². The van der Waals surface area contributed by atoms with Crippen LogP contribution in [-0.4, -0.2) is 43.8 Å². The number of carbonyl (C=O) groups is 1. The number of benzene rings is 2. The molecule has 0 radical (unpaired) electrons. The fourth-order valence-electron chi connectivity index (χ4n) is 3.11. The van der Waals surface area contributed by atoms with Gasteiger partial charge in [-0.25, -0.2) is 8.42 Å². The lowest BCUT2D eigenvalue weighted by Gasteiger charge is -2.22. The normalized spacial score (nSPS) is 14.2. The molecule has 0 fully saturated rings. The van der Waals surface area contributed by atoms with Gasteiger partial charge in [-0.05, 0) is 30.2 Å². The zero-order valence-electron chi connectivity index (χ0n) is 18.1. The van der Waals surface area contributed by atoms with Gasteiger partial charge in [0.25, 0.3) is 5.89 Å². The molecular weight excluding hydrogens is 450 g/mol. The van der Waals surface area contributed by atoms with E-state index in [0.717, 1.165) is 5.56 Å². The van der Waals surface area contributed by atoms with Crippen molar-refractivity contribution in [2.45, 2.75) is 31.4 Å². The number of rotatable bonds is 8. The number of hydrogen-bond acceptors (Lipinski definition) is 9. The molecule has 4 rings (SSSR count). The Kier molecular flexibility index (Phi) is 6.61. The molecule has 3 aromatic rings. The van der Waals surface area contributed by atoms with E-state index >= 15 is 0 Å². The Balaban J connectivity index is 1.43. The van der Waals surface area contributed by atoms with Crippen molar-refractivity contribution in [3.8, 4) is 23.0 Å². The van der Waals surface area contributed by atoms with Crippen molar-refractivity contribution in [2.75, 3.05) is 13.2 Å². The van der Waals surface area contributed by atoms with Gasteiger partial charge in [-0.3, -0.25) is 4.79 Å². The molecular formula is C22H23N3O7S. The average molecular weight is 474 g/mol. The van der Waals surface area contributed by atoms with Crippen LogP contribution in [0.5, 0.6) is 11.5 Å². The van der Waals surface area contributed by atoms with E-state index in [1.54, 1.807) is 13.8 Å². The topological polar surface area (TPSA) is 130 Å². The number of ether oxygens (including phenoxy) is 3. The number of esters is 1. The van der Waals surface area contributed by atoms with Crippen LogP contribution in [0.25, 0.3) is 11.5 Å². The molecule has 1 aliphatic rings. The van der Waals surface area contributed by atoms with Crippen LogP contribution in [0.15, 0.2) is 57.8 Å². The second kappa shape index (κ2) is 9.59. The van der Waals surface area contributed by atoms with Crippen molar-refractivity contribution in [3.05, 3.63) is 54.4 Å². The highest BCUT2D eigenvalue weighted by molar-refractivity contribution is 7.89. The summed E-state index contributed by atoms with van der Waals surface area (Å²) in [5, 5.41) is 7.81. The summed E-state index contributed by atoms with van der Waals surface area (Å²) in [6, 6.07) is 12.3. The lowest BCUT2D eigenvalue weighted by molar-refractivity contribution is -0.148. The monoisotopic (exact) mass is 473 g/mol. The standard InChI is InChI=1S/C22H23N3O7S/c1-14(2)20(25-33(27,28)16-8-9-17-18(12-16)30-11-10-29-17)22(26)31-13-19-23-24-21(32-19)15-6-4-3-5-7-15/h3-9,12,14,20,25H,10-11,13H2,1-2H3. The predicted molar refractivity (Wildman–Crippen MR) is 116 cm³/mol. The van der Waals surface area contributed by atoms with Crippen LogP contribution in [0.4, 0.5) is 0 Å². The molecule has 0 amide bonds. The SMILES string of the molecule is CC(C)C(NS(=O)(=O)c1ccc2c(c1)OCCO2)C(=O)OCc1nnc(-c2ccccc2)o1. The molecule has 1 atom stereocenters. The minimum atomic E-state index is -4.04. The first-order valence-corrected chi connectivity index (χ1v) is 11.8. The number of sulfonamides is 1. The Bertz CT molecular complexity index is 1230. The summed E-state index contributed by atoms with van der Waals surface area (Å²) in [6.45, 7) is 3.85. The Morgan fingerprint density at radius 1 is 1.06 bits per heavy atom. The van der Waals surface area contributed by atoms with E-state index < -0.39 is 22.0 Å². The van der Waals surface area contributed by atoms with Crippen molar-refractivity contribution in [2.24, 2.45) is 5.92 Å². The maximum atomic E-state index is 12.9. The van der Waals surface area contributed by atoms with Crippen molar-refractivity contribution < 1.29 is 31.8 Å². The second-order valence-electron chi connectivity index (χ2n) is 7.62. The Labute approximate surface area is 190 Å². The maximum absolute atomic E-state index is 12.9. The first-order chi connectivity index (χ1) is 15.8. The van der Waals surface area contributed by atoms with Crippen LogP contribution >= 0.6 is 0 Å². The Morgan fingerprint density at radius 3 is 2.52 bits per heavy atom. The molecule has 1 aromatic heterocycles. The van der Waals surface area contributed by atoms with Gasteiger partial charge in [0.1, 0.15) is 19.3 Å². The first kappa shape index (κ1) is 22.7. The molecule has 11 heteroatoms. The smallest absolute Gasteiger partial charge is 0.324 e. The summed E-state index contributed by atoms with van der Waals surface area (Å²) >= 11 is 0. The third kappa shape index (κ3) is 5.32. The molecule has 0 saturated carbocycles. The summed E-state index contributed by atoms with van der Waals surface area (Å²) in [4.78, 5) is 12.6. The highest BCUT2D eigenvalue weighted by Crippen LogP contribution is 2.32. The van der Waals surface area contributed by atoms with Gasteiger partial charge in [0, 0.05) is 11.6 Å². The molecule has 2 heterocycles. The van der Waals surface area contributed by atoms with Crippen LogP contribution in [0, 0.1) is 5.92 Å². The summed E-state index contributed by atoms with van der Waals surface area (Å²) in [6.07, 6.45) is 0. The number of carbonyl (C=O) groups excluding carboxylic acids is 1. The molecule has 2 aromatic carbocycles. The number of nitrogens with one attached hydrogen (secondary N) is 1. The molecule has 1 unspecified atom stereocenters. The minimum absolute atomic E-state index is 0.0467. The molecule has 0 aliphatic carbocycles. The zero-order chi connectivity index (χ0) is 23.4. The predicted octanol–water partition coefficient (Wildman–Crippen LogP) is 2.55. The van der Waals surface area contributed by atoms with E-state index in [-0.39, 0.29) is 23.3 Å². The van der Waals surface area contributed by atoms with Crippen LogP contribution < -0.4 is 14.2 Å². The van der Waals surface area contributed by atoms with Gasteiger partial charge in [-0.15, -0.1) is 10.2 Å². The highest BCUT2D eigenvalue weighted by atomic mass is 32.2. The molecule has 10 nitrogen and oxygen atoms in total. The number of hydrogen-bond donors (Lipinski definition) is 1. The van der Waals surface area contributed by atoms with Gasteiger partial charge < -0.3 is 18.6 Å². The molecule has 0 spiro atoms. The minimum Gasteiger partial charge on any atom is -0.486 e. The molecule has 0 bridgehead atoms. The first-order valence-electron chi connectivity index (χ1n) is 10.3. The van der Waals surface area contributed by atoms with Gasteiger partial charge in [-0.1, -0.05) is 32.0 Å². The van der Waals surface area contributed by atoms with Crippen LogP contribution in [0.2, 0.25) is 0 Å². The van der Waals surface area contributed by atoms with Crippen molar-refractivity contribution >= 4 is 16.0 Å². The van der Waals surface area contributed by atoms with E-state index in [0.29, 0.717) is 30.6 Å². The van der Waals surface area contributed by atoms with Gasteiger partial charge in [0.2, 0.25) is 15.9 Å². The van der Waals surface area contributed by atoms with Gasteiger partial charge >= 0.3 is 5.97 Å². The molecule has 33 heavy (non-hydrogen) atoms. The average Bonchev–Trinajstić information content (AvgIpc) is 3.30. The van der Waals surface area contributed by atoms with E-state index in [9.17, 15) is 13.2 Å². The second-order valence-corrected chi connectivity index (χ2v) is 9.34. The Morgan fingerprint density at radius 2 is 1.79 bits per heavy atom. The van der Waals surface area contributed by atoms with E-state index in [4.69, 9.17) is 18.6 Å². The Hall–Kier alpha value is -3.44. The van der Waals surface area contributed by atoms with Crippen LogP contribution in [0.3, 0.4) is 0 Å². The number of fused-ring (bicyclic) bond motifs is 1. The summed E-state index contributed by atoms with van der Waals surface area (Å²) in [7, 11) is -4.04. The summed E-state index contributed by atoms with van der Waals surface area (Å²) in [5.41, 5.74) is 0.731. The largest absolute Gasteiger partial charge is 0.486 e. The zero-order valence-corrected chi connectivity index (χ0v) is 18.9. The number of aromatic nitrogens is 2. The maximum Gasteiger partial charge on any atom is 0.324 e. The molecule has 0 saturated heterocycles. The third-order valence-electron chi connectivity index (χ3n) is 4.85. The highest BCUT2D eigenvalue weighted by Gasteiger charge is 2.31. The third-order valence-corrected chi connectivity index (χ3v) is 6.29. The van der Waals surface area contributed by atoms with Gasteiger partial charge in [0.15, 0.2) is 18.1 Å². The van der Waals surface area contributed by atoms with Gasteiger partial charge in [0.05, 0.1) is 4.90 Å². The lowest BCUT2D eigenvalue weighted by Crippen LogP contribution is -2.45. The van der Waals surface area contributed by atoms with E-state index in [1.807, 2.05) is 30.3 Å². The fourth-order valence-corrected chi connectivity index (χ4v) is 4.46. The number of nitrogens with zero attached hydrogens (tertiary/aromatic N) is 2. The lowest BCUT2D eigenvalue weighted by atomic mass is 10.1. The van der Waals surface area contributed by atoms with Crippen molar-refractivity contribution in [3.63, 3.8) is 0 Å². The quantitative estimate of drug-likeness (QED) is 0.491. The molecule has 1 aliphatic heterocycles.